The molecule has 0 spiro atoms. The van der Waals surface area contributed by atoms with E-state index in [9.17, 15) is 4.79 Å². The molecule has 0 bridgehead atoms. The van der Waals surface area contributed by atoms with Crippen molar-refractivity contribution in [3.63, 3.8) is 0 Å². The van der Waals surface area contributed by atoms with Crippen LogP contribution >= 0.6 is 0 Å². The average Bonchev–Trinajstić information content (AvgIpc) is 3.27. The number of benzene rings is 2. The number of hydrogen-bond acceptors (Lipinski definition) is 5. The van der Waals surface area contributed by atoms with Crippen LogP contribution in [0, 0.1) is 5.92 Å². The summed E-state index contributed by atoms with van der Waals surface area (Å²) < 4.78 is 10.8. The Kier molecular flexibility index (Phi) is 9.09. The number of nitrogens with one attached hydrogen (secondary N) is 1. The maximum Gasteiger partial charge on any atom is 0.251 e. The van der Waals surface area contributed by atoms with Crippen molar-refractivity contribution in [2.45, 2.75) is 32.4 Å². The monoisotopic (exact) mass is 439 g/mol. The number of nitrogens with zero attached hydrogens (tertiary/aromatic N) is 2. The normalized spacial score (nSPS) is 17.5. The second-order valence-electron chi connectivity index (χ2n) is 8.93. The molecule has 2 atom stereocenters. The highest BCUT2D eigenvalue weighted by Crippen LogP contribution is 2.28. The van der Waals surface area contributed by atoms with Crippen LogP contribution in [-0.4, -0.2) is 64.0 Å². The van der Waals surface area contributed by atoms with Gasteiger partial charge in [0.05, 0.1) is 12.1 Å². The molecule has 0 aromatic heterocycles. The Morgan fingerprint density at radius 2 is 1.88 bits per heavy atom. The summed E-state index contributed by atoms with van der Waals surface area (Å²) in [6.45, 7) is 8.04. The summed E-state index contributed by atoms with van der Waals surface area (Å²) in [4.78, 5) is 17.1. The molecule has 1 N–H and O–H groups in total. The summed E-state index contributed by atoms with van der Waals surface area (Å²) in [5.74, 6) is 0.410. The molecule has 174 valence electrons. The predicted molar refractivity (Wildman–Crippen MR) is 129 cm³/mol. The molecule has 1 heterocycles. The quantitative estimate of drug-likeness (QED) is 0.538. The van der Waals surface area contributed by atoms with E-state index in [4.69, 9.17) is 9.47 Å². The van der Waals surface area contributed by atoms with E-state index in [1.165, 1.54) is 5.56 Å². The number of likely N-dealkylation sites (N-methyl/N-ethyl adjacent to an activating group) is 1. The van der Waals surface area contributed by atoms with Crippen molar-refractivity contribution >= 4 is 11.6 Å². The van der Waals surface area contributed by atoms with Gasteiger partial charge in [0.15, 0.2) is 0 Å². The van der Waals surface area contributed by atoms with E-state index in [-0.39, 0.29) is 18.1 Å². The molecule has 0 aliphatic carbocycles. The lowest BCUT2D eigenvalue weighted by atomic mass is 10.0. The van der Waals surface area contributed by atoms with Crippen molar-refractivity contribution in [3.05, 3.63) is 65.7 Å². The first kappa shape index (κ1) is 24.2. The molecule has 0 saturated carbocycles. The third-order valence-electron chi connectivity index (χ3n) is 5.94. The van der Waals surface area contributed by atoms with E-state index in [1.807, 2.05) is 24.3 Å². The molecule has 1 aliphatic heterocycles. The highest BCUT2D eigenvalue weighted by Gasteiger charge is 2.27. The minimum atomic E-state index is -0.0216. The zero-order valence-corrected chi connectivity index (χ0v) is 19.8. The molecule has 1 fully saturated rings. The Balaban J connectivity index is 1.70. The largest absolute Gasteiger partial charge is 0.366 e. The van der Waals surface area contributed by atoms with Crippen LogP contribution in [0.3, 0.4) is 0 Å². The zero-order valence-electron chi connectivity index (χ0n) is 19.8. The summed E-state index contributed by atoms with van der Waals surface area (Å²) in [7, 11) is 3.78. The predicted octanol–water partition coefficient (Wildman–Crippen LogP) is 3.94. The molecule has 6 nitrogen and oxygen atoms in total. The first-order valence-corrected chi connectivity index (χ1v) is 11.5. The van der Waals surface area contributed by atoms with E-state index in [2.05, 4.69) is 66.3 Å². The van der Waals surface area contributed by atoms with Crippen LogP contribution in [0.2, 0.25) is 0 Å². The van der Waals surface area contributed by atoms with Crippen LogP contribution in [0.15, 0.2) is 54.6 Å². The van der Waals surface area contributed by atoms with Crippen LogP contribution in [-0.2, 0) is 9.47 Å². The van der Waals surface area contributed by atoms with Crippen molar-refractivity contribution in [1.82, 2.24) is 10.2 Å². The number of hydrogen-bond donors (Lipinski definition) is 1. The Bertz CT molecular complexity index is 826. The topological polar surface area (TPSA) is 54.0 Å². The minimum absolute atomic E-state index is 0.0216. The number of ether oxygens (including phenoxy) is 2. The Hall–Kier alpha value is -2.41. The number of carbonyl (C=O) groups is 1. The molecule has 2 aromatic carbocycles. The van der Waals surface area contributed by atoms with Crippen LogP contribution in [0.4, 0.5) is 5.69 Å². The molecule has 6 heteroatoms. The Morgan fingerprint density at radius 3 is 2.53 bits per heavy atom. The van der Waals surface area contributed by atoms with Gasteiger partial charge in [-0.15, -0.1) is 0 Å². The second-order valence-corrected chi connectivity index (χ2v) is 8.93. The van der Waals surface area contributed by atoms with Crippen LogP contribution in [0.5, 0.6) is 0 Å². The fourth-order valence-corrected chi connectivity index (χ4v) is 4.06. The first-order chi connectivity index (χ1) is 15.5. The second kappa shape index (κ2) is 12.0. The van der Waals surface area contributed by atoms with E-state index in [0.717, 1.165) is 31.7 Å². The number of amides is 1. The van der Waals surface area contributed by atoms with E-state index in [0.29, 0.717) is 24.8 Å². The highest BCUT2D eigenvalue weighted by molar-refractivity contribution is 5.94. The number of carbonyl (C=O) groups excluding carboxylic acids is 1. The third kappa shape index (κ3) is 6.79. The summed E-state index contributed by atoms with van der Waals surface area (Å²) in [5.41, 5.74) is 3.05. The standard InChI is InChI=1S/C26H37N3O3/c1-20(2)16-27-26(30)22-10-12-23(13-11-22)28(3)25(21-8-6-5-7-9-21)18-29-15-14-24(17-29)32-19-31-4/h5-13,20,24-25H,14-19H2,1-4H3,(H,27,30)/t24-,25+/m0/s1. The van der Waals surface area contributed by atoms with E-state index < -0.39 is 0 Å². The highest BCUT2D eigenvalue weighted by atomic mass is 16.7. The van der Waals surface area contributed by atoms with Gasteiger partial charge in [-0.25, -0.2) is 0 Å². The van der Waals surface area contributed by atoms with Gasteiger partial charge in [-0.05, 0) is 42.2 Å². The van der Waals surface area contributed by atoms with Gasteiger partial charge in [-0.3, -0.25) is 9.69 Å². The van der Waals surface area contributed by atoms with Gasteiger partial charge in [0.1, 0.15) is 6.79 Å². The van der Waals surface area contributed by atoms with Crippen molar-refractivity contribution < 1.29 is 14.3 Å². The molecular weight excluding hydrogens is 402 g/mol. The van der Waals surface area contributed by atoms with Gasteiger partial charge in [0.2, 0.25) is 0 Å². The van der Waals surface area contributed by atoms with Crippen LogP contribution in [0.1, 0.15) is 42.2 Å². The average molecular weight is 440 g/mol. The Labute approximate surface area is 192 Å². The molecule has 0 unspecified atom stereocenters. The van der Waals surface area contributed by atoms with Crippen LogP contribution in [0.25, 0.3) is 0 Å². The van der Waals surface area contributed by atoms with E-state index in [1.54, 1.807) is 7.11 Å². The van der Waals surface area contributed by atoms with Gasteiger partial charge >= 0.3 is 0 Å². The number of likely N-dealkylation sites (tertiary alicyclic amines) is 1. The molecule has 32 heavy (non-hydrogen) atoms. The lowest BCUT2D eigenvalue weighted by molar-refractivity contribution is -0.0671. The molecule has 1 amide bonds. The Morgan fingerprint density at radius 1 is 1.16 bits per heavy atom. The summed E-state index contributed by atoms with van der Waals surface area (Å²) in [6.07, 6.45) is 1.25. The summed E-state index contributed by atoms with van der Waals surface area (Å²) in [6, 6.07) is 18.7. The van der Waals surface area contributed by atoms with Gasteiger partial charge < -0.3 is 19.7 Å². The smallest absolute Gasteiger partial charge is 0.251 e. The molecule has 1 aliphatic rings. The summed E-state index contributed by atoms with van der Waals surface area (Å²) in [5, 5.41) is 2.98. The summed E-state index contributed by atoms with van der Waals surface area (Å²) >= 11 is 0. The van der Waals surface area contributed by atoms with Crippen LogP contribution < -0.4 is 10.2 Å². The fraction of sp³-hybridized carbons (Fsp3) is 0.500. The van der Waals surface area contributed by atoms with Crippen molar-refractivity contribution in [1.29, 1.82) is 0 Å². The van der Waals surface area contributed by atoms with Gasteiger partial charge in [-0.1, -0.05) is 44.2 Å². The lowest BCUT2D eigenvalue weighted by Gasteiger charge is -2.34. The fourth-order valence-electron chi connectivity index (χ4n) is 4.06. The van der Waals surface area contributed by atoms with Gasteiger partial charge in [-0.2, -0.15) is 0 Å². The number of anilines is 1. The SMILES string of the molecule is COCO[C@H]1CCN(C[C@H](c2ccccc2)N(C)c2ccc(C(=O)NCC(C)C)cc2)C1. The van der Waals surface area contributed by atoms with Crippen molar-refractivity contribution in [2.75, 3.05) is 52.0 Å². The van der Waals surface area contributed by atoms with Gasteiger partial charge in [0.25, 0.3) is 5.91 Å². The first-order valence-electron chi connectivity index (χ1n) is 11.5. The molecule has 1 saturated heterocycles. The zero-order chi connectivity index (χ0) is 22.9. The van der Waals surface area contributed by atoms with Gasteiger partial charge in [0, 0.05) is 51.6 Å². The van der Waals surface area contributed by atoms with Crippen molar-refractivity contribution in [3.8, 4) is 0 Å². The number of rotatable bonds is 11. The maximum atomic E-state index is 12.4. The molecular formula is C26H37N3O3. The maximum absolute atomic E-state index is 12.4. The molecule has 3 rings (SSSR count). The minimum Gasteiger partial charge on any atom is -0.366 e. The third-order valence-corrected chi connectivity index (χ3v) is 5.94. The van der Waals surface area contributed by atoms with E-state index >= 15 is 0 Å². The number of methoxy groups -OCH3 is 1. The molecule has 2 aromatic rings. The lowest BCUT2D eigenvalue weighted by Crippen LogP contribution is -2.36. The van der Waals surface area contributed by atoms with Crippen molar-refractivity contribution in [2.24, 2.45) is 5.92 Å². The molecule has 0 radical (unpaired) electrons.